The third kappa shape index (κ3) is 4.49. The lowest BCUT2D eigenvalue weighted by molar-refractivity contribution is -0.0161. The number of nitrogens with zero attached hydrogens (tertiary/aromatic N) is 1. The lowest BCUT2D eigenvalue weighted by Gasteiger charge is -2.40. The van der Waals surface area contributed by atoms with Crippen molar-refractivity contribution in [1.82, 2.24) is 4.90 Å². The molecule has 0 aliphatic carbocycles. The van der Waals surface area contributed by atoms with E-state index < -0.39 is 0 Å². The van der Waals surface area contributed by atoms with Crippen molar-refractivity contribution in [2.24, 2.45) is 5.73 Å². The molecule has 1 aliphatic rings. The van der Waals surface area contributed by atoms with Crippen molar-refractivity contribution in [2.45, 2.75) is 58.2 Å². The van der Waals surface area contributed by atoms with Crippen LogP contribution in [0.5, 0.6) is 0 Å². The molecule has 15 heavy (non-hydrogen) atoms. The average molecular weight is 214 g/mol. The fraction of sp³-hybridized carbons (Fsp3) is 1.00. The SMILES string of the molecule is C[C@@H](N)COC1CCN(C(C)(C)C)CC1. The molecule has 1 heterocycles. The Bertz CT molecular complexity index is 179. The van der Waals surface area contributed by atoms with Crippen LogP contribution >= 0.6 is 0 Å². The number of nitrogens with two attached hydrogens (primary N) is 1. The van der Waals surface area contributed by atoms with Gasteiger partial charge in [-0.05, 0) is 40.5 Å². The summed E-state index contributed by atoms with van der Waals surface area (Å²) in [5, 5.41) is 0. The van der Waals surface area contributed by atoms with Gasteiger partial charge in [0, 0.05) is 24.7 Å². The standard InChI is InChI=1S/C12H26N2O/c1-10(13)9-15-11-5-7-14(8-6-11)12(2,3)4/h10-11H,5-9,13H2,1-4H3/t10-/m1/s1. The van der Waals surface area contributed by atoms with Crippen LogP contribution in [0.1, 0.15) is 40.5 Å². The van der Waals surface area contributed by atoms with Crippen LogP contribution in [0.25, 0.3) is 0 Å². The summed E-state index contributed by atoms with van der Waals surface area (Å²) in [7, 11) is 0. The molecule has 0 aromatic heterocycles. The zero-order chi connectivity index (χ0) is 11.5. The quantitative estimate of drug-likeness (QED) is 0.776. The van der Waals surface area contributed by atoms with E-state index in [9.17, 15) is 0 Å². The summed E-state index contributed by atoms with van der Waals surface area (Å²) in [6.45, 7) is 11.8. The molecule has 0 unspecified atom stereocenters. The Morgan fingerprint density at radius 2 is 1.87 bits per heavy atom. The Labute approximate surface area is 94.0 Å². The van der Waals surface area contributed by atoms with Gasteiger partial charge in [-0.3, -0.25) is 4.90 Å². The van der Waals surface area contributed by atoms with Gasteiger partial charge in [0.25, 0.3) is 0 Å². The number of likely N-dealkylation sites (tertiary alicyclic amines) is 1. The van der Waals surface area contributed by atoms with Crippen molar-refractivity contribution in [3.63, 3.8) is 0 Å². The van der Waals surface area contributed by atoms with Gasteiger partial charge in [-0.2, -0.15) is 0 Å². The molecule has 1 atom stereocenters. The van der Waals surface area contributed by atoms with Crippen molar-refractivity contribution in [1.29, 1.82) is 0 Å². The molecular formula is C12H26N2O. The predicted molar refractivity (Wildman–Crippen MR) is 63.9 cm³/mol. The molecule has 3 heteroatoms. The first-order chi connectivity index (χ1) is 6.89. The first-order valence-corrected chi connectivity index (χ1v) is 6.02. The minimum atomic E-state index is 0.158. The minimum Gasteiger partial charge on any atom is -0.377 e. The van der Waals surface area contributed by atoms with Crippen LogP contribution in [0.4, 0.5) is 0 Å². The van der Waals surface area contributed by atoms with E-state index in [4.69, 9.17) is 10.5 Å². The molecule has 0 aromatic rings. The van der Waals surface area contributed by atoms with Crippen molar-refractivity contribution in [3.8, 4) is 0 Å². The molecule has 0 amide bonds. The van der Waals surface area contributed by atoms with Gasteiger partial charge in [-0.1, -0.05) is 0 Å². The van der Waals surface area contributed by atoms with E-state index in [0.29, 0.717) is 18.2 Å². The van der Waals surface area contributed by atoms with E-state index in [1.807, 2.05) is 6.92 Å². The average Bonchev–Trinajstić information content (AvgIpc) is 2.14. The van der Waals surface area contributed by atoms with E-state index in [1.165, 1.54) is 0 Å². The normalized spacial score (nSPS) is 23.0. The van der Waals surface area contributed by atoms with Crippen molar-refractivity contribution in [3.05, 3.63) is 0 Å². The Kier molecular flexibility index (Phi) is 4.56. The molecule has 1 rings (SSSR count). The number of hydrogen-bond acceptors (Lipinski definition) is 3. The molecule has 0 radical (unpaired) electrons. The van der Waals surface area contributed by atoms with Crippen LogP contribution in [0.15, 0.2) is 0 Å². The summed E-state index contributed by atoms with van der Waals surface area (Å²) < 4.78 is 5.75. The van der Waals surface area contributed by atoms with E-state index in [-0.39, 0.29) is 6.04 Å². The highest BCUT2D eigenvalue weighted by Gasteiger charge is 2.27. The number of ether oxygens (including phenoxy) is 1. The molecule has 1 fully saturated rings. The monoisotopic (exact) mass is 214 g/mol. The molecule has 0 aromatic carbocycles. The second-order valence-corrected chi connectivity index (χ2v) is 5.67. The van der Waals surface area contributed by atoms with E-state index in [0.717, 1.165) is 25.9 Å². The summed E-state index contributed by atoms with van der Waals surface area (Å²) in [5.74, 6) is 0. The first kappa shape index (κ1) is 12.9. The Balaban J connectivity index is 2.24. The first-order valence-electron chi connectivity index (χ1n) is 6.02. The molecule has 1 aliphatic heterocycles. The van der Waals surface area contributed by atoms with Crippen LogP contribution in [-0.4, -0.2) is 42.3 Å². The van der Waals surface area contributed by atoms with Crippen LogP contribution in [0.2, 0.25) is 0 Å². The summed E-state index contributed by atoms with van der Waals surface area (Å²) in [5.41, 5.74) is 5.97. The predicted octanol–water partition coefficient (Wildman–Crippen LogP) is 1.61. The van der Waals surface area contributed by atoms with Gasteiger partial charge in [-0.25, -0.2) is 0 Å². The molecule has 0 bridgehead atoms. The van der Waals surface area contributed by atoms with Crippen LogP contribution in [0.3, 0.4) is 0 Å². The number of rotatable bonds is 3. The molecule has 0 spiro atoms. The van der Waals surface area contributed by atoms with E-state index >= 15 is 0 Å². The van der Waals surface area contributed by atoms with Crippen molar-refractivity contribution >= 4 is 0 Å². The highest BCUT2D eigenvalue weighted by molar-refractivity contribution is 4.82. The lowest BCUT2D eigenvalue weighted by atomic mass is 9.99. The minimum absolute atomic E-state index is 0.158. The lowest BCUT2D eigenvalue weighted by Crippen LogP contribution is -2.47. The van der Waals surface area contributed by atoms with Crippen LogP contribution in [-0.2, 0) is 4.74 Å². The summed E-state index contributed by atoms with van der Waals surface area (Å²) in [6, 6.07) is 0.158. The second-order valence-electron chi connectivity index (χ2n) is 5.67. The maximum absolute atomic E-state index is 5.75. The maximum atomic E-state index is 5.75. The summed E-state index contributed by atoms with van der Waals surface area (Å²) in [4.78, 5) is 2.53. The summed E-state index contributed by atoms with van der Waals surface area (Å²) in [6.07, 6.45) is 2.71. The van der Waals surface area contributed by atoms with E-state index in [1.54, 1.807) is 0 Å². The fourth-order valence-electron chi connectivity index (χ4n) is 1.98. The molecule has 90 valence electrons. The topological polar surface area (TPSA) is 38.5 Å². The molecule has 3 nitrogen and oxygen atoms in total. The Morgan fingerprint density at radius 1 is 1.33 bits per heavy atom. The largest absolute Gasteiger partial charge is 0.377 e. The van der Waals surface area contributed by atoms with Gasteiger partial charge in [0.1, 0.15) is 0 Å². The number of piperidine rings is 1. The zero-order valence-corrected chi connectivity index (χ0v) is 10.6. The van der Waals surface area contributed by atoms with Gasteiger partial charge in [0.15, 0.2) is 0 Å². The molecular weight excluding hydrogens is 188 g/mol. The van der Waals surface area contributed by atoms with Gasteiger partial charge >= 0.3 is 0 Å². The smallest absolute Gasteiger partial charge is 0.0618 e. The number of hydrogen-bond donors (Lipinski definition) is 1. The van der Waals surface area contributed by atoms with Crippen molar-refractivity contribution < 1.29 is 4.74 Å². The summed E-state index contributed by atoms with van der Waals surface area (Å²) >= 11 is 0. The molecule has 2 N–H and O–H groups in total. The van der Waals surface area contributed by atoms with Crippen LogP contribution in [0, 0.1) is 0 Å². The van der Waals surface area contributed by atoms with Gasteiger partial charge < -0.3 is 10.5 Å². The Morgan fingerprint density at radius 3 is 2.27 bits per heavy atom. The van der Waals surface area contributed by atoms with Gasteiger partial charge in [0.2, 0.25) is 0 Å². The molecule has 0 saturated carbocycles. The third-order valence-corrected chi connectivity index (χ3v) is 2.99. The maximum Gasteiger partial charge on any atom is 0.0618 e. The van der Waals surface area contributed by atoms with Crippen molar-refractivity contribution in [2.75, 3.05) is 19.7 Å². The third-order valence-electron chi connectivity index (χ3n) is 2.99. The Hall–Kier alpha value is -0.120. The zero-order valence-electron chi connectivity index (χ0n) is 10.6. The molecule has 1 saturated heterocycles. The van der Waals surface area contributed by atoms with Gasteiger partial charge in [-0.15, -0.1) is 0 Å². The van der Waals surface area contributed by atoms with Gasteiger partial charge in [0.05, 0.1) is 12.7 Å². The fourth-order valence-corrected chi connectivity index (χ4v) is 1.98. The highest BCUT2D eigenvalue weighted by atomic mass is 16.5. The van der Waals surface area contributed by atoms with Crippen LogP contribution < -0.4 is 5.73 Å². The highest BCUT2D eigenvalue weighted by Crippen LogP contribution is 2.21. The second kappa shape index (κ2) is 5.28. The van der Waals surface area contributed by atoms with E-state index in [2.05, 4.69) is 25.7 Å².